The van der Waals surface area contributed by atoms with Crippen molar-refractivity contribution in [2.45, 2.75) is 24.3 Å². The van der Waals surface area contributed by atoms with Crippen LogP contribution in [0, 0.1) is 6.92 Å². The van der Waals surface area contributed by atoms with Crippen molar-refractivity contribution >= 4 is 16.7 Å². The molecule has 2 unspecified atom stereocenters. The van der Waals surface area contributed by atoms with Crippen molar-refractivity contribution in [1.29, 1.82) is 0 Å². The molecule has 0 spiro atoms. The van der Waals surface area contributed by atoms with Gasteiger partial charge in [-0.3, -0.25) is 4.98 Å². The number of alkyl halides is 3. The van der Waals surface area contributed by atoms with Crippen LogP contribution in [-0.2, 0) is 0 Å². The van der Waals surface area contributed by atoms with E-state index in [1.165, 1.54) is 0 Å². The molecule has 0 fully saturated rings. The molecule has 0 radical (unpaired) electrons. The first-order valence-electron chi connectivity index (χ1n) is 8.18. The first-order valence-corrected chi connectivity index (χ1v) is 9.06. The Labute approximate surface area is 157 Å². The molecule has 1 aromatic carbocycles. The second-order valence-electron chi connectivity index (χ2n) is 6.16. The van der Waals surface area contributed by atoms with E-state index in [1.807, 2.05) is 6.92 Å². The van der Waals surface area contributed by atoms with Crippen LogP contribution in [0.5, 0.6) is 0 Å². The molecule has 0 amide bonds. The number of hydrogen-bond donors (Lipinski definition) is 0. The normalized spacial score (nSPS) is 19.9. The van der Waals surface area contributed by atoms with Crippen molar-refractivity contribution in [2.75, 3.05) is 0 Å². The van der Waals surface area contributed by atoms with Gasteiger partial charge in [-0.15, -0.1) is 11.8 Å². The minimum atomic E-state index is -4.35. The molecule has 0 N–H and O–H groups in total. The summed E-state index contributed by atoms with van der Waals surface area (Å²) in [7, 11) is 0. The summed E-state index contributed by atoms with van der Waals surface area (Å²) in [6, 6.07) is 10.4. The molecule has 4 nitrogen and oxygen atoms in total. The Morgan fingerprint density at radius 3 is 2.59 bits per heavy atom. The predicted octanol–water partition coefficient (Wildman–Crippen LogP) is 5.24. The van der Waals surface area contributed by atoms with Crippen molar-refractivity contribution < 1.29 is 17.7 Å². The van der Waals surface area contributed by atoms with E-state index < -0.39 is 17.3 Å². The number of rotatable bonds is 3. The Bertz CT molecular complexity index is 985. The third kappa shape index (κ3) is 3.49. The average Bonchev–Trinajstić information content (AvgIpc) is 3.30. The van der Waals surface area contributed by atoms with Crippen LogP contribution in [0.2, 0.25) is 0 Å². The lowest BCUT2D eigenvalue weighted by Gasteiger charge is -2.21. The Morgan fingerprint density at radius 1 is 1.11 bits per heavy atom. The van der Waals surface area contributed by atoms with Crippen LogP contribution in [0.3, 0.4) is 0 Å². The first kappa shape index (κ1) is 17.8. The molecule has 1 aliphatic heterocycles. The molecule has 2 atom stereocenters. The molecule has 3 aromatic rings. The van der Waals surface area contributed by atoms with E-state index in [1.54, 1.807) is 54.9 Å². The fraction of sp³-hybridized carbons (Fsp3) is 0.211. The molecule has 3 heterocycles. The largest absolute Gasteiger partial charge is 0.401 e. The minimum absolute atomic E-state index is 0.0962. The fourth-order valence-electron chi connectivity index (χ4n) is 3.00. The van der Waals surface area contributed by atoms with Crippen molar-refractivity contribution in [3.05, 3.63) is 71.9 Å². The van der Waals surface area contributed by atoms with Gasteiger partial charge in [0, 0.05) is 23.9 Å². The number of halogens is 3. The molecule has 0 saturated heterocycles. The van der Waals surface area contributed by atoms with Crippen LogP contribution in [0.1, 0.15) is 22.9 Å². The van der Waals surface area contributed by atoms with E-state index in [4.69, 9.17) is 4.52 Å². The van der Waals surface area contributed by atoms with Gasteiger partial charge in [-0.2, -0.15) is 18.2 Å². The maximum atomic E-state index is 13.6. The Kier molecular flexibility index (Phi) is 4.51. The number of hydrogen-bond acceptors (Lipinski definition) is 5. The lowest BCUT2D eigenvalue weighted by Crippen LogP contribution is -2.28. The maximum absolute atomic E-state index is 13.6. The first-order chi connectivity index (χ1) is 12.9. The second-order valence-corrected chi connectivity index (χ2v) is 7.34. The van der Waals surface area contributed by atoms with Gasteiger partial charge in [0.25, 0.3) is 5.89 Å². The zero-order valence-corrected chi connectivity index (χ0v) is 15.0. The lowest BCUT2D eigenvalue weighted by atomic mass is 9.95. The Morgan fingerprint density at radius 2 is 1.89 bits per heavy atom. The highest BCUT2D eigenvalue weighted by atomic mass is 32.2. The molecular weight excluding hydrogens is 375 g/mol. The van der Waals surface area contributed by atoms with E-state index in [0.29, 0.717) is 28.1 Å². The quantitative estimate of drug-likeness (QED) is 0.613. The van der Waals surface area contributed by atoms with Gasteiger partial charge in [0.05, 0.1) is 4.91 Å². The summed E-state index contributed by atoms with van der Waals surface area (Å²) in [6.07, 6.45) is 0.482. The van der Waals surface area contributed by atoms with Gasteiger partial charge >= 0.3 is 6.18 Å². The third-order valence-electron chi connectivity index (χ3n) is 4.32. The summed E-state index contributed by atoms with van der Waals surface area (Å²) in [5, 5.41) is 2.34. The molecule has 2 aromatic heterocycles. The van der Waals surface area contributed by atoms with Crippen molar-refractivity contribution in [3.63, 3.8) is 0 Å². The summed E-state index contributed by atoms with van der Waals surface area (Å²) in [4.78, 5) is 8.66. The summed E-state index contributed by atoms with van der Waals surface area (Å²) in [6.45, 7) is 1.85. The Hall–Kier alpha value is -2.61. The average molecular weight is 389 g/mol. The molecule has 0 aliphatic carbocycles. The lowest BCUT2D eigenvalue weighted by molar-refractivity contribution is -0.130. The summed E-state index contributed by atoms with van der Waals surface area (Å²) >= 11 is 0.714. The fourth-order valence-corrected chi connectivity index (χ4v) is 4.19. The number of aryl methyl sites for hydroxylation is 1. The molecule has 4 rings (SSSR count). The van der Waals surface area contributed by atoms with Crippen LogP contribution in [-0.4, -0.2) is 26.6 Å². The highest BCUT2D eigenvalue weighted by molar-refractivity contribution is 8.09. The number of benzene rings is 1. The predicted molar refractivity (Wildman–Crippen MR) is 96.9 cm³/mol. The number of nitrogens with zero attached hydrogens (tertiary/aromatic N) is 3. The summed E-state index contributed by atoms with van der Waals surface area (Å²) < 4.78 is 46.0. The number of aromatic nitrogens is 3. The van der Waals surface area contributed by atoms with E-state index in [0.717, 1.165) is 11.1 Å². The monoisotopic (exact) mass is 389 g/mol. The number of allylic oxidation sites excluding steroid dienone is 1. The molecule has 0 bridgehead atoms. The van der Waals surface area contributed by atoms with Gasteiger partial charge in [0.2, 0.25) is 5.82 Å². The molecule has 138 valence electrons. The second kappa shape index (κ2) is 6.84. The third-order valence-corrected chi connectivity index (χ3v) is 5.70. The van der Waals surface area contributed by atoms with Crippen LogP contribution in [0.25, 0.3) is 16.3 Å². The van der Waals surface area contributed by atoms with Crippen molar-refractivity contribution in [1.82, 2.24) is 15.1 Å². The highest BCUT2D eigenvalue weighted by Gasteiger charge is 2.49. The van der Waals surface area contributed by atoms with Crippen LogP contribution in [0.4, 0.5) is 13.2 Å². The van der Waals surface area contributed by atoms with Gasteiger partial charge in [-0.1, -0.05) is 41.6 Å². The zero-order valence-electron chi connectivity index (χ0n) is 14.1. The van der Waals surface area contributed by atoms with Gasteiger partial charge in [0.15, 0.2) is 0 Å². The standard InChI is InChI=1S/C19H14F3N3OS/c1-11-10-23-8-7-13(11)17-24-18(26-25-17)15-9-14(12-5-3-2-4-6-12)16(27-15)19(20,21)22/h2-10,14,16H,1H3. The topological polar surface area (TPSA) is 51.8 Å². The maximum Gasteiger partial charge on any atom is 0.401 e. The Balaban J connectivity index is 1.69. The summed E-state index contributed by atoms with van der Waals surface area (Å²) in [5.74, 6) is -0.374. The molecule has 0 saturated carbocycles. The van der Waals surface area contributed by atoms with Gasteiger partial charge < -0.3 is 4.52 Å². The van der Waals surface area contributed by atoms with E-state index >= 15 is 0 Å². The van der Waals surface area contributed by atoms with Gasteiger partial charge in [0.1, 0.15) is 5.25 Å². The van der Waals surface area contributed by atoms with Crippen LogP contribution >= 0.6 is 11.8 Å². The smallest absolute Gasteiger partial charge is 0.333 e. The molecule has 8 heteroatoms. The number of thioether (sulfide) groups is 1. The van der Waals surface area contributed by atoms with E-state index in [2.05, 4.69) is 15.1 Å². The molecule has 27 heavy (non-hydrogen) atoms. The SMILES string of the molecule is Cc1cnccc1-c1noc(C2=CC(c3ccccc3)C(C(F)(F)F)S2)n1. The van der Waals surface area contributed by atoms with Crippen molar-refractivity contribution in [2.24, 2.45) is 0 Å². The van der Waals surface area contributed by atoms with Crippen molar-refractivity contribution in [3.8, 4) is 11.4 Å². The van der Waals surface area contributed by atoms with Crippen LogP contribution < -0.4 is 0 Å². The number of pyridine rings is 1. The van der Waals surface area contributed by atoms with Gasteiger partial charge in [-0.25, -0.2) is 0 Å². The van der Waals surface area contributed by atoms with Gasteiger partial charge in [-0.05, 0) is 24.1 Å². The summed E-state index contributed by atoms with van der Waals surface area (Å²) in [5.41, 5.74) is 2.19. The highest BCUT2D eigenvalue weighted by Crippen LogP contribution is 2.52. The molecular formula is C19H14F3N3OS. The van der Waals surface area contributed by atoms with E-state index in [9.17, 15) is 13.2 Å². The molecule has 1 aliphatic rings. The van der Waals surface area contributed by atoms with Crippen LogP contribution in [0.15, 0.2) is 59.4 Å². The van der Waals surface area contributed by atoms with E-state index in [-0.39, 0.29) is 5.89 Å². The minimum Gasteiger partial charge on any atom is -0.333 e. The zero-order chi connectivity index (χ0) is 19.0.